The van der Waals surface area contributed by atoms with Gasteiger partial charge in [0.25, 0.3) is 0 Å². The molecule has 0 aliphatic heterocycles. The minimum Gasteiger partial charge on any atom is -0.485 e. The molecule has 19 heavy (non-hydrogen) atoms. The Hall–Kier alpha value is -1.09. The number of aliphatic hydroxyl groups excluding tert-OH is 1. The third kappa shape index (κ3) is 3.47. The Labute approximate surface area is 114 Å². The third-order valence-corrected chi connectivity index (χ3v) is 4.10. The van der Waals surface area contributed by atoms with Crippen molar-refractivity contribution in [1.29, 1.82) is 0 Å². The predicted molar refractivity (Wildman–Crippen MR) is 73.6 cm³/mol. The molecule has 1 saturated carbocycles. The number of hydrogen-bond donors (Lipinski definition) is 1. The summed E-state index contributed by atoms with van der Waals surface area (Å²) in [7, 11) is 0. The van der Waals surface area contributed by atoms with E-state index in [2.05, 4.69) is 20.8 Å². The second kappa shape index (κ2) is 5.49. The fourth-order valence-corrected chi connectivity index (χ4v) is 2.73. The third-order valence-electron chi connectivity index (χ3n) is 4.10. The summed E-state index contributed by atoms with van der Waals surface area (Å²) in [5, 5.41) is 10.1. The second-order valence-corrected chi connectivity index (χ2v) is 6.53. The molecule has 1 N–H and O–H groups in total. The smallest absolute Gasteiger partial charge is 0.165 e. The quantitative estimate of drug-likeness (QED) is 0.882. The highest BCUT2D eigenvalue weighted by Gasteiger charge is 2.36. The van der Waals surface area contributed by atoms with Crippen molar-refractivity contribution in [2.45, 2.75) is 52.2 Å². The van der Waals surface area contributed by atoms with Gasteiger partial charge in [-0.15, -0.1) is 0 Å². The first-order valence-electron chi connectivity index (χ1n) is 6.97. The monoisotopic (exact) mass is 266 g/mol. The number of para-hydroxylation sites is 1. The summed E-state index contributed by atoms with van der Waals surface area (Å²) in [5.41, 5.74) is 0.191. The lowest BCUT2D eigenvalue weighted by Crippen LogP contribution is -2.41. The maximum Gasteiger partial charge on any atom is 0.165 e. The average molecular weight is 266 g/mol. The summed E-state index contributed by atoms with van der Waals surface area (Å²) >= 11 is 0. The molecule has 2 rings (SSSR count). The Balaban J connectivity index is 2.08. The van der Waals surface area contributed by atoms with E-state index in [9.17, 15) is 9.50 Å². The molecule has 0 radical (unpaired) electrons. The highest BCUT2D eigenvalue weighted by molar-refractivity contribution is 5.24. The minimum atomic E-state index is -0.502. The SMILES string of the molecule is CC(C)(C)C1CCC(O)C(Oc2ccccc2F)C1. The number of hydrogen-bond acceptors (Lipinski definition) is 2. The Bertz CT molecular complexity index is 425. The van der Waals surface area contributed by atoms with Crippen molar-refractivity contribution in [3.8, 4) is 5.75 Å². The van der Waals surface area contributed by atoms with E-state index in [4.69, 9.17) is 4.74 Å². The van der Waals surface area contributed by atoms with Crippen LogP contribution in [0.5, 0.6) is 5.75 Å². The van der Waals surface area contributed by atoms with Gasteiger partial charge in [-0.25, -0.2) is 4.39 Å². The lowest BCUT2D eigenvalue weighted by atomic mass is 9.71. The molecule has 1 aliphatic rings. The molecule has 106 valence electrons. The maximum absolute atomic E-state index is 13.6. The van der Waals surface area contributed by atoms with Crippen LogP contribution in [0.15, 0.2) is 24.3 Å². The van der Waals surface area contributed by atoms with E-state index in [1.807, 2.05) is 0 Å². The van der Waals surface area contributed by atoms with Crippen LogP contribution in [0.4, 0.5) is 4.39 Å². The van der Waals surface area contributed by atoms with Crippen LogP contribution < -0.4 is 4.74 Å². The zero-order valence-electron chi connectivity index (χ0n) is 11.9. The molecule has 0 aromatic heterocycles. The molecule has 0 amide bonds. The summed E-state index contributed by atoms with van der Waals surface area (Å²) in [5.74, 6) is 0.362. The summed E-state index contributed by atoms with van der Waals surface area (Å²) in [6.45, 7) is 6.61. The first-order valence-corrected chi connectivity index (χ1v) is 6.97. The van der Waals surface area contributed by atoms with Crippen molar-refractivity contribution in [2.24, 2.45) is 11.3 Å². The molecule has 3 atom stereocenters. The number of aliphatic hydroxyl groups is 1. The van der Waals surface area contributed by atoms with E-state index < -0.39 is 6.10 Å². The van der Waals surface area contributed by atoms with Crippen molar-refractivity contribution in [1.82, 2.24) is 0 Å². The van der Waals surface area contributed by atoms with Crippen molar-refractivity contribution >= 4 is 0 Å². The van der Waals surface area contributed by atoms with E-state index in [0.29, 0.717) is 5.92 Å². The van der Waals surface area contributed by atoms with Crippen molar-refractivity contribution < 1.29 is 14.2 Å². The van der Waals surface area contributed by atoms with Crippen LogP contribution in [-0.4, -0.2) is 17.3 Å². The Morgan fingerprint density at radius 3 is 2.53 bits per heavy atom. The van der Waals surface area contributed by atoms with Crippen LogP contribution in [-0.2, 0) is 0 Å². The van der Waals surface area contributed by atoms with E-state index in [-0.39, 0.29) is 23.1 Å². The number of halogens is 1. The molecule has 3 unspecified atom stereocenters. The number of ether oxygens (including phenoxy) is 1. The van der Waals surface area contributed by atoms with Crippen molar-refractivity contribution in [2.75, 3.05) is 0 Å². The van der Waals surface area contributed by atoms with Crippen molar-refractivity contribution in [3.05, 3.63) is 30.1 Å². The molecule has 2 nitrogen and oxygen atoms in total. The fraction of sp³-hybridized carbons (Fsp3) is 0.625. The average Bonchev–Trinajstić information content (AvgIpc) is 2.33. The van der Waals surface area contributed by atoms with Crippen LogP contribution in [0.25, 0.3) is 0 Å². The zero-order valence-corrected chi connectivity index (χ0v) is 11.9. The molecule has 0 bridgehead atoms. The number of rotatable bonds is 2. The van der Waals surface area contributed by atoms with Gasteiger partial charge in [0.05, 0.1) is 6.10 Å². The molecular formula is C16H23FO2. The predicted octanol–water partition coefficient (Wildman–Crippen LogP) is 3.78. The van der Waals surface area contributed by atoms with Crippen LogP contribution in [0.1, 0.15) is 40.0 Å². The van der Waals surface area contributed by atoms with Crippen LogP contribution in [0.2, 0.25) is 0 Å². The maximum atomic E-state index is 13.6. The Morgan fingerprint density at radius 1 is 1.21 bits per heavy atom. The molecule has 0 heterocycles. The fourth-order valence-electron chi connectivity index (χ4n) is 2.73. The summed E-state index contributed by atoms with van der Waals surface area (Å²) in [6.07, 6.45) is 1.69. The molecular weight excluding hydrogens is 243 g/mol. The van der Waals surface area contributed by atoms with Crippen LogP contribution in [0.3, 0.4) is 0 Å². The molecule has 1 fully saturated rings. The molecule has 1 aromatic rings. The van der Waals surface area contributed by atoms with Crippen molar-refractivity contribution in [3.63, 3.8) is 0 Å². The molecule has 0 saturated heterocycles. The summed E-state index contributed by atoms with van der Waals surface area (Å²) in [4.78, 5) is 0. The Kier molecular flexibility index (Phi) is 4.14. The van der Waals surface area contributed by atoms with E-state index in [1.54, 1.807) is 18.2 Å². The van der Waals surface area contributed by atoms with Gasteiger partial charge in [0.2, 0.25) is 0 Å². The molecule has 3 heteroatoms. The lowest BCUT2D eigenvalue weighted by molar-refractivity contribution is -0.0311. The van der Waals surface area contributed by atoms with Gasteiger partial charge in [-0.2, -0.15) is 0 Å². The van der Waals surface area contributed by atoms with E-state index >= 15 is 0 Å². The highest BCUT2D eigenvalue weighted by atomic mass is 19.1. The topological polar surface area (TPSA) is 29.5 Å². The van der Waals surface area contributed by atoms with Gasteiger partial charge >= 0.3 is 0 Å². The highest BCUT2D eigenvalue weighted by Crippen LogP contribution is 2.39. The van der Waals surface area contributed by atoms with Gasteiger partial charge < -0.3 is 9.84 Å². The number of benzene rings is 1. The van der Waals surface area contributed by atoms with Gasteiger partial charge in [-0.1, -0.05) is 32.9 Å². The lowest BCUT2D eigenvalue weighted by Gasteiger charge is -2.39. The molecule has 0 spiro atoms. The van der Waals surface area contributed by atoms with Gasteiger partial charge in [-0.3, -0.25) is 0 Å². The van der Waals surface area contributed by atoms with Crippen LogP contribution >= 0.6 is 0 Å². The minimum absolute atomic E-state index is 0.191. The standard InChI is InChI=1S/C16H23FO2/c1-16(2,3)11-8-9-13(18)15(10-11)19-14-7-5-4-6-12(14)17/h4-7,11,13,15,18H,8-10H2,1-3H3. The summed E-state index contributed by atoms with van der Waals surface area (Å²) in [6, 6.07) is 6.38. The molecule has 1 aliphatic carbocycles. The second-order valence-electron chi connectivity index (χ2n) is 6.53. The Morgan fingerprint density at radius 2 is 1.89 bits per heavy atom. The van der Waals surface area contributed by atoms with Gasteiger partial charge in [0.15, 0.2) is 11.6 Å². The summed E-state index contributed by atoms with van der Waals surface area (Å²) < 4.78 is 19.3. The van der Waals surface area contributed by atoms with Gasteiger partial charge in [-0.05, 0) is 42.7 Å². The van der Waals surface area contributed by atoms with Gasteiger partial charge in [0.1, 0.15) is 6.10 Å². The largest absolute Gasteiger partial charge is 0.485 e. The van der Waals surface area contributed by atoms with E-state index in [0.717, 1.165) is 19.3 Å². The van der Waals surface area contributed by atoms with E-state index in [1.165, 1.54) is 6.07 Å². The molecule has 1 aromatic carbocycles. The van der Waals surface area contributed by atoms with Gasteiger partial charge in [0, 0.05) is 0 Å². The first-order chi connectivity index (χ1) is 8.88. The zero-order chi connectivity index (χ0) is 14.0. The normalized spacial score (nSPS) is 28.2. The first kappa shape index (κ1) is 14.3. The van der Waals surface area contributed by atoms with Crippen LogP contribution in [0, 0.1) is 17.2 Å².